The minimum Gasteiger partial charge on any atom is -0.392 e. The summed E-state index contributed by atoms with van der Waals surface area (Å²) < 4.78 is 39.5. The Bertz CT molecular complexity index is 558. The number of halogens is 1. The third-order valence-electron chi connectivity index (χ3n) is 2.48. The van der Waals surface area contributed by atoms with Gasteiger partial charge in [-0.15, -0.1) is 0 Å². The molecule has 1 aromatic carbocycles. The lowest BCUT2D eigenvalue weighted by atomic mass is 10.2. The van der Waals surface area contributed by atoms with Crippen molar-refractivity contribution in [3.8, 4) is 0 Å². The summed E-state index contributed by atoms with van der Waals surface area (Å²) in [5.74, 6) is -0.479. The van der Waals surface area contributed by atoms with Crippen LogP contribution in [0, 0.1) is 12.7 Å². The predicted molar refractivity (Wildman–Crippen MR) is 72.3 cm³/mol. The van der Waals surface area contributed by atoms with Crippen LogP contribution < -0.4 is 10.5 Å². The Kier molecular flexibility index (Phi) is 4.78. The maximum Gasteiger partial charge on any atom is 0.241 e. The van der Waals surface area contributed by atoms with E-state index in [2.05, 4.69) is 4.72 Å². The monoisotopic (exact) mass is 290 g/mol. The zero-order valence-corrected chi connectivity index (χ0v) is 11.7. The first-order valence-corrected chi connectivity index (χ1v) is 7.25. The topological polar surface area (TPSA) is 72.2 Å². The lowest BCUT2D eigenvalue weighted by Gasteiger charge is -2.16. The highest BCUT2D eigenvalue weighted by Gasteiger charge is 2.22. The normalized spacial score (nSPS) is 13.3. The molecule has 7 heteroatoms. The second kappa shape index (κ2) is 5.73. The molecule has 0 aliphatic carbocycles. The zero-order valence-electron chi connectivity index (χ0n) is 10.1. The predicted octanol–water partition coefficient (Wildman–Crippen LogP) is 1.48. The molecule has 0 aliphatic rings. The van der Waals surface area contributed by atoms with Crippen molar-refractivity contribution in [1.82, 2.24) is 4.72 Å². The van der Waals surface area contributed by atoms with Crippen molar-refractivity contribution in [2.24, 2.45) is 5.73 Å². The highest BCUT2D eigenvalue weighted by molar-refractivity contribution is 7.89. The van der Waals surface area contributed by atoms with Crippen LogP contribution in [0.1, 0.15) is 18.9 Å². The largest absolute Gasteiger partial charge is 0.392 e. The summed E-state index contributed by atoms with van der Waals surface area (Å²) in [4.78, 5) is 0.111. The van der Waals surface area contributed by atoms with Gasteiger partial charge in [0.15, 0.2) is 0 Å². The van der Waals surface area contributed by atoms with E-state index in [1.165, 1.54) is 13.0 Å². The van der Waals surface area contributed by atoms with Gasteiger partial charge in [0.25, 0.3) is 0 Å². The van der Waals surface area contributed by atoms with E-state index in [0.717, 1.165) is 12.1 Å². The number of nitrogens with two attached hydrogens (primary N) is 1. The Morgan fingerprint density at radius 1 is 1.56 bits per heavy atom. The molecule has 0 aromatic heterocycles. The molecule has 0 radical (unpaired) electrons. The first kappa shape index (κ1) is 15.0. The van der Waals surface area contributed by atoms with Gasteiger partial charge in [-0.25, -0.2) is 17.5 Å². The number of nitrogens with one attached hydrogen (secondary N) is 1. The molecule has 0 bridgehead atoms. The standard InChI is InChI=1S/C11H15FN2O2S2/c1-3-9(11(13)17)14-18(15,16)10-5-4-8(12)6-7(10)2/h4-6,9,14H,3H2,1-2H3,(H2,13,17). The second-order valence-corrected chi connectivity index (χ2v) is 6.05. The van der Waals surface area contributed by atoms with Gasteiger partial charge in [-0.05, 0) is 37.1 Å². The van der Waals surface area contributed by atoms with E-state index in [1.54, 1.807) is 6.92 Å². The summed E-state index contributed by atoms with van der Waals surface area (Å²) in [6.07, 6.45) is 0.453. The van der Waals surface area contributed by atoms with Gasteiger partial charge in [0.05, 0.1) is 15.9 Å². The van der Waals surface area contributed by atoms with Crippen molar-refractivity contribution in [2.45, 2.75) is 31.2 Å². The average Bonchev–Trinajstić information content (AvgIpc) is 2.24. The van der Waals surface area contributed by atoms with Gasteiger partial charge in [-0.3, -0.25) is 0 Å². The minimum absolute atomic E-state index is 0.0265. The van der Waals surface area contributed by atoms with Crippen molar-refractivity contribution >= 4 is 27.2 Å². The van der Waals surface area contributed by atoms with Gasteiger partial charge < -0.3 is 5.73 Å². The summed E-state index contributed by atoms with van der Waals surface area (Å²) in [7, 11) is -3.75. The summed E-state index contributed by atoms with van der Waals surface area (Å²) in [6.45, 7) is 3.29. The number of sulfonamides is 1. The van der Waals surface area contributed by atoms with Gasteiger partial charge in [0.1, 0.15) is 5.82 Å². The van der Waals surface area contributed by atoms with Crippen LogP contribution in [0.25, 0.3) is 0 Å². The van der Waals surface area contributed by atoms with Crippen molar-refractivity contribution in [2.75, 3.05) is 0 Å². The number of rotatable bonds is 5. The van der Waals surface area contributed by atoms with Gasteiger partial charge in [0, 0.05) is 0 Å². The lowest BCUT2D eigenvalue weighted by Crippen LogP contribution is -2.43. The van der Waals surface area contributed by atoms with E-state index in [-0.39, 0.29) is 9.88 Å². The molecule has 0 aliphatic heterocycles. The maximum absolute atomic E-state index is 12.9. The van der Waals surface area contributed by atoms with Gasteiger partial charge >= 0.3 is 0 Å². The molecule has 0 fully saturated rings. The Morgan fingerprint density at radius 2 is 2.17 bits per heavy atom. The first-order valence-electron chi connectivity index (χ1n) is 5.35. The first-order chi connectivity index (χ1) is 8.27. The van der Waals surface area contributed by atoms with Crippen LogP contribution in [0.3, 0.4) is 0 Å². The van der Waals surface area contributed by atoms with E-state index in [9.17, 15) is 12.8 Å². The van der Waals surface area contributed by atoms with E-state index < -0.39 is 21.9 Å². The third-order valence-corrected chi connectivity index (χ3v) is 4.39. The number of aryl methyl sites for hydroxylation is 1. The van der Waals surface area contributed by atoms with Crippen LogP contribution in [0.2, 0.25) is 0 Å². The molecule has 18 heavy (non-hydrogen) atoms. The van der Waals surface area contributed by atoms with Crippen molar-refractivity contribution < 1.29 is 12.8 Å². The SMILES string of the molecule is CCC(NS(=O)(=O)c1ccc(F)cc1C)C(N)=S. The fourth-order valence-corrected chi connectivity index (χ4v) is 3.33. The van der Waals surface area contributed by atoms with E-state index in [4.69, 9.17) is 18.0 Å². The lowest BCUT2D eigenvalue weighted by molar-refractivity contribution is 0.571. The van der Waals surface area contributed by atoms with E-state index in [1.807, 2.05) is 0 Å². The highest BCUT2D eigenvalue weighted by Crippen LogP contribution is 2.16. The molecule has 3 N–H and O–H groups in total. The van der Waals surface area contributed by atoms with Crippen molar-refractivity contribution in [1.29, 1.82) is 0 Å². The molecule has 1 atom stereocenters. The molecule has 0 amide bonds. The van der Waals surface area contributed by atoms with Gasteiger partial charge in [-0.2, -0.15) is 0 Å². The molecule has 0 saturated heterocycles. The van der Waals surface area contributed by atoms with Crippen LogP contribution in [0.5, 0.6) is 0 Å². The Labute approximate surface area is 111 Å². The third kappa shape index (κ3) is 3.47. The summed E-state index contributed by atoms with van der Waals surface area (Å²) in [5.41, 5.74) is 5.77. The molecule has 1 aromatic rings. The average molecular weight is 290 g/mol. The fraction of sp³-hybridized carbons (Fsp3) is 0.364. The molecular weight excluding hydrogens is 275 g/mol. The van der Waals surface area contributed by atoms with Crippen LogP contribution in [-0.2, 0) is 10.0 Å². The molecule has 0 saturated carbocycles. The van der Waals surface area contributed by atoms with Crippen LogP contribution in [-0.4, -0.2) is 19.4 Å². The molecule has 1 rings (SSSR count). The molecule has 1 unspecified atom stereocenters. The molecule has 100 valence electrons. The van der Waals surface area contributed by atoms with E-state index in [0.29, 0.717) is 12.0 Å². The maximum atomic E-state index is 12.9. The number of benzene rings is 1. The van der Waals surface area contributed by atoms with E-state index >= 15 is 0 Å². The number of hydrogen-bond acceptors (Lipinski definition) is 3. The van der Waals surface area contributed by atoms with Crippen LogP contribution >= 0.6 is 12.2 Å². The van der Waals surface area contributed by atoms with Crippen molar-refractivity contribution in [3.05, 3.63) is 29.6 Å². The number of thiocarbonyl (C=S) groups is 1. The Balaban J connectivity index is 3.10. The summed E-state index contributed by atoms with van der Waals surface area (Å²) in [5, 5.41) is 0. The summed E-state index contributed by atoms with van der Waals surface area (Å²) >= 11 is 4.78. The Hall–Kier alpha value is -1.05. The van der Waals surface area contributed by atoms with Crippen LogP contribution in [0.15, 0.2) is 23.1 Å². The molecule has 0 spiro atoms. The van der Waals surface area contributed by atoms with Gasteiger partial charge in [0.2, 0.25) is 10.0 Å². The van der Waals surface area contributed by atoms with Crippen LogP contribution in [0.4, 0.5) is 4.39 Å². The number of hydrogen-bond donors (Lipinski definition) is 2. The quantitative estimate of drug-likeness (QED) is 0.806. The second-order valence-electron chi connectivity index (χ2n) is 3.89. The zero-order chi connectivity index (χ0) is 13.9. The highest BCUT2D eigenvalue weighted by atomic mass is 32.2. The smallest absolute Gasteiger partial charge is 0.241 e. The Morgan fingerprint density at radius 3 is 2.61 bits per heavy atom. The molecule has 0 heterocycles. The fourth-order valence-electron chi connectivity index (χ4n) is 1.51. The molecular formula is C11H15FN2O2S2. The molecule has 4 nitrogen and oxygen atoms in total. The van der Waals surface area contributed by atoms with Crippen molar-refractivity contribution in [3.63, 3.8) is 0 Å². The summed E-state index contributed by atoms with van der Waals surface area (Å²) in [6, 6.07) is 2.88. The minimum atomic E-state index is -3.75. The van der Waals surface area contributed by atoms with Gasteiger partial charge in [-0.1, -0.05) is 19.1 Å².